The number of piperazine rings is 1. The molecule has 0 saturated carbocycles. The summed E-state index contributed by atoms with van der Waals surface area (Å²) in [6, 6.07) is 15.3. The third-order valence-electron chi connectivity index (χ3n) is 7.54. The molecule has 0 radical (unpaired) electrons. The first-order chi connectivity index (χ1) is 22.0. The number of ether oxygens (including phenoxy) is 2. The van der Waals surface area contributed by atoms with Crippen LogP contribution in [-0.2, 0) is 6.54 Å². The van der Waals surface area contributed by atoms with E-state index in [1.165, 1.54) is 17.2 Å². The fraction of sp³-hybridized carbons (Fsp3) is 0.303. The number of benzene rings is 3. The number of halogens is 4. The number of hydrogen-bond donors (Lipinski definition) is 1. The SMILES string of the molecule is Cc1cc(C)c(OC(=O)N(Cc2cc(Cl)ccc2Cl)c2ccnc(Nc3ccc(N4CCN(C)CC4)c(OC(F)F)c3)n2)c(C)c1. The standard InChI is InChI=1S/C33H34Cl2F2N6O3/c1-20-15-21(2)30(22(3)16-20)46-33(44)43(19-23-17-24(34)5-7-26(23)35)29-9-10-38-32(40-29)39-25-6-8-27(28(18-25)45-31(36)37)42-13-11-41(4)12-14-42/h5-10,15-18,31H,11-14,19H2,1-4H3,(H,38,39,40). The molecule has 0 bridgehead atoms. The van der Waals surface area contributed by atoms with Crippen LogP contribution in [0.25, 0.3) is 0 Å². The van der Waals surface area contributed by atoms with Crippen LogP contribution < -0.4 is 24.6 Å². The number of carbonyl (C=O) groups is 1. The Morgan fingerprint density at radius 2 is 1.72 bits per heavy atom. The molecular formula is C33H34Cl2F2N6O3. The normalized spacial score (nSPS) is 13.5. The van der Waals surface area contributed by atoms with E-state index in [0.29, 0.717) is 45.8 Å². The van der Waals surface area contributed by atoms with Crippen molar-refractivity contribution < 1.29 is 23.0 Å². The molecule has 0 spiro atoms. The van der Waals surface area contributed by atoms with Crippen molar-refractivity contribution in [3.8, 4) is 11.5 Å². The Morgan fingerprint density at radius 3 is 2.41 bits per heavy atom. The fourth-order valence-electron chi connectivity index (χ4n) is 5.32. The lowest BCUT2D eigenvalue weighted by atomic mass is 10.1. The molecule has 5 rings (SSSR count). The number of alkyl halides is 2. The van der Waals surface area contributed by atoms with Crippen molar-refractivity contribution in [3.05, 3.63) is 93.1 Å². The quantitative estimate of drug-likeness (QED) is 0.192. The van der Waals surface area contributed by atoms with Crippen LogP contribution in [0.5, 0.6) is 11.5 Å². The minimum absolute atomic E-state index is 0.00919. The Balaban J connectivity index is 1.45. The van der Waals surface area contributed by atoms with E-state index in [2.05, 4.69) is 20.2 Å². The molecule has 46 heavy (non-hydrogen) atoms. The van der Waals surface area contributed by atoms with Gasteiger partial charge in [0, 0.05) is 54.2 Å². The summed E-state index contributed by atoms with van der Waals surface area (Å²) in [5.74, 6) is 0.798. The van der Waals surface area contributed by atoms with Gasteiger partial charge in [0.15, 0.2) is 5.75 Å². The van der Waals surface area contributed by atoms with Gasteiger partial charge in [0.1, 0.15) is 11.6 Å². The van der Waals surface area contributed by atoms with Crippen LogP contribution in [0.2, 0.25) is 10.0 Å². The third kappa shape index (κ3) is 8.14. The Labute approximate surface area is 276 Å². The maximum absolute atomic E-state index is 13.8. The molecular weight excluding hydrogens is 637 g/mol. The molecule has 1 saturated heterocycles. The van der Waals surface area contributed by atoms with Crippen molar-refractivity contribution in [1.82, 2.24) is 14.9 Å². The van der Waals surface area contributed by atoms with Gasteiger partial charge in [-0.05, 0) is 80.9 Å². The molecule has 0 atom stereocenters. The molecule has 1 amide bonds. The van der Waals surface area contributed by atoms with Gasteiger partial charge < -0.3 is 24.6 Å². The van der Waals surface area contributed by atoms with Gasteiger partial charge in [0.05, 0.1) is 12.2 Å². The highest BCUT2D eigenvalue weighted by molar-refractivity contribution is 6.33. The van der Waals surface area contributed by atoms with E-state index in [1.54, 1.807) is 36.4 Å². The lowest BCUT2D eigenvalue weighted by Gasteiger charge is -2.35. The zero-order chi connectivity index (χ0) is 33.0. The molecule has 242 valence electrons. The average Bonchev–Trinajstić information content (AvgIpc) is 3.00. The molecule has 1 aliphatic heterocycles. The second-order valence-electron chi connectivity index (χ2n) is 11.1. The van der Waals surface area contributed by atoms with Crippen LogP contribution in [0.15, 0.2) is 60.8 Å². The highest BCUT2D eigenvalue weighted by Gasteiger charge is 2.24. The van der Waals surface area contributed by atoms with E-state index in [-0.39, 0.29) is 24.1 Å². The zero-order valence-corrected chi connectivity index (χ0v) is 27.4. The van der Waals surface area contributed by atoms with Gasteiger partial charge in [-0.25, -0.2) is 9.78 Å². The number of amides is 1. The Bertz CT molecular complexity index is 1700. The predicted molar refractivity (Wildman–Crippen MR) is 177 cm³/mol. The molecule has 4 aromatic rings. The first-order valence-electron chi connectivity index (χ1n) is 14.6. The third-order valence-corrected chi connectivity index (χ3v) is 8.15. The van der Waals surface area contributed by atoms with Crippen LogP contribution in [-0.4, -0.2) is 60.8 Å². The number of rotatable bonds is 9. The topological polar surface area (TPSA) is 83.1 Å². The van der Waals surface area contributed by atoms with Gasteiger partial charge in [0.25, 0.3) is 0 Å². The summed E-state index contributed by atoms with van der Waals surface area (Å²) in [6.07, 6.45) is 0.780. The zero-order valence-electron chi connectivity index (χ0n) is 25.9. The number of aromatic nitrogens is 2. The van der Waals surface area contributed by atoms with E-state index in [1.807, 2.05) is 44.9 Å². The summed E-state index contributed by atoms with van der Waals surface area (Å²) in [4.78, 5) is 28.2. The lowest BCUT2D eigenvalue weighted by Crippen LogP contribution is -2.44. The number of likely N-dealkylation sites (N-methyl/N-ethyl adjacent to an activating group) is 1. The molecule has 1 fully saturated rings. The van der Waals surface area contributed by atoms with Gasteiger partial charge in [-0.15, -0.1) is 0 Å². The van der Waals surface area contributed by atoms with Crippen molar-refractivity contribution in [2.75, 3.05) is 48.3 Å². The van der Waals surface area contributed by atoms with Gasteiger partial charge in [0.2, 0.25) is 5.95 Å². The summed E-state index contributed by atoms with van der Waals surface area (Å²) in [6.45, 7) is 5.66. The number of aryl methyl sites for hydroxylation is 3. The summed E-state index contributed by atoms with van der Waals surface area (Å²) in [5.41, 5.74) is 4.22. The van der Waals surface area contributed by atoms with Crippen LogP contribution in [0, 0.1) is 20.8 Å². The van der Waals surface area contributed by atoms with Crippen LogP contribution in [0.3, 0.4) is 0 Å². The fourth-order valence-corrected chi connectivity index (χ4v) is 5.70. The van der Waals surface area contributed by atoms with Gasteiger partial charge in [-0.2, -0.15) is 13.8 Å². The molecule has 0 unspecified atom stereocenters. The predicted octanol–water partition coefficient (Wildman–Crippen LogP) is 8.01. The Hall–Kier alpha value is -4.19. The smallest absolute Gasteiger partial charge is 0.421 e. The number of carbonyl (C=O) groups excluding carboxylic acids is 1. The monoisotopic (exact) mass is 670 g/mol. The number of hydrogen-bond acceptors (Lipinski definition) is 8. The van der Waals surface area contributed by atoms with Gasteiger partial charge in [-0.1, -0.05) is 40.9 Å². The molecule has 3 aromatic carbocycles. The lowest BCUT2D eigenvalue weighted by molar-refractivity contribution is -0.0495. The van der Waals surface area contributed by atoms with Crippen molar-refractivity contribution in [2.24, 2.45) is 0 Å². The van der Waals surface area contributed by atoms with Crippen LogP contribution in [0.1, 0.15) is 22.3 Å². The van der Waals surface area contributed by atoms with Crippen molar-refractivity contribution in [1.29, 1.82) is 0 Å². The molecule has 0 aliphatic carbocycles. The molecule has 2 heterocycles. The van der Waals surface area contributed by atoms with Crippen molar-refractivity contribution in [2.45, 2.75) is 33.9 Å². The molecule has 13 heteroatoms. The number of nitrogens with one attached hydrogen (secondary N) is 1. The molecule has 9 nitrogen and oxygen atoms in total. The number of nitrogens with zero attached hydrogens (tertiary/aromatic N) is 5. The first-order valence-corrected chi connectivity index (χ1v) is 15.4. The maximum Gasteiger partial charge on any atom is 0.421 e. The first kappa shape index (κ1) is 33.2. The second kappa shape index (κ2) is 14.5. The molecule has 1 aliphatic rings. The Morgan fingerprint density at radius 1 is 1.00 bits per heavy atom. The molecule has 1 N–H and O–H groups in total. The van der Waals surface area contributed by atoms with E-state index in [4.69, 9.17) is 32.7 Å². The summed E-state index contributed by atoms with van der Waals surface area (Å²) >= 11 is 12.7. The largest absolute Gasteiger partial charge is 0.433 e. The van der Waals surface area contributed by atoms with Crippen molar-refractivity contribution in [3.63, 3.8) is 0 Å². The van der Waals surface area contributed by atoms with E-state index in [0.717, 1.165) is 29.8 Å². The van der Waals surface area contributed by atoms with E-state index < -0.39 is 12.7 Å². The van der Waals surface area contributed by atoms with E-state index in [9.17, 15) is 13.6 Å². The summed E-state index contributed by atoms with van der Waals surface area (Å²) in [7, 11) is 2.02. The van der Waals surface area contributed by atoms with Crippen molar-refractivity contribution >= 4 is 52.4 Å². The van der Waals surface area contributed by atoms with Gasteiger partial charge >= 0.3 is 12.7 Å². The average molecular weight is 672 g/mol. The van der Waals surface area contributed by atoms with Gasteiger partial charge in [-0.3, -0.25) is 4.90 Å². The number of anilines is 4. The second-order valence-corrected chi connectivity index (χ2v) is 12.0. The minimum atomic E-state index is -3.00. The highest BCUT2D eigenvalue weighted by Crippen LogP contribution is 2.35. The molecule has 1 aromatic heterocycles. The maximum atomic E-state index is 13.8. The highest BCUT2D eigenvalue weighted by atomic mass is 35.5. The van der Waals surface area contributed by atoms with Crippen LogP contribution in [0.4, 0.5) is 36.7 Å². The summed E-state index contributed by atoms with van der Waals surface area (Å²) in [5, 5.41) is 3.90. The Kier molecular flexibility index (Phi) is 10.5. The van der Waals surface area contributed by atoms with Crippen LogP contribution >= 0.6 is 23.2 Å². The summed E-state index contributed by atoms with van der Waals surface area (Å²) < 4.78 is 37.6. The minimum Gasteiger partial charge on any atom is -0.433 e. The van der Waals surface area contributed by atoms with E-state index >= 15 is 0 Å².